The smallest absolute Gasteiger partial charge is 0.181 e. The van der Waals surface area contributed by atoms with Gasteiger partial charge in [-0.1, -0.05) is 24.3 Å². The Balaban J connectivity index is 2.17. The quantitative estimate of drug-likeness (QED) is 0.776. The minimum atomic E-state index is 0.729. The highest BCUT2D eigenvalue weighted by molar-refractivity contribution is 5.56. The molecule has 1 aromatic carbocycles. The Bertz CT molecular complexity index is 429. The summed E-state index contributed by atoms with van der Waals surface area (Å²) < 4.78 is 5.18. The average Bonchev–Trinajstić information content (AvgIpc) is 2.80. The first-order chi connectivity index (χ1) is 7.40. The molecule has 15 heavy (non-hydrogen) atoms. The number of aliphatic hydroxyl groups is 1. The number of aromatic nitrogens is 1. The summed E-state index contributed by atoms with van der Waals surface area (Å²) in [6, 6.07) is 7.94. The van der Waals surface area contributed by atoms with E-state index >= 15 is 0 Å². The number of oxazole rings is 1. The van der Waals surface area contributed by atoms with Crippen molar-refractivity contribution < 1.29 is 9.52 Å². The first-order valence-corrected chi connectivity index (χ1v) is 4.67. The fraction of sp³-hybridized carbons (Fsp3) is 0.0833. The van der Waals surface area contributed by atoms with Crippen LogP contribution in [0.2, 0.25) is 0 Å². The molecule has 0 atom stereocenters. The fourth-order valence-corrected chi connectivity index (χ4v) is 1.35. The number of hydrogen-bond acceptors (Lipinski definition) is 3. The summed E-state index contributed by atoms with van der Waals surface area (Å²) in [6.45, 7) is 0. The third-order valence-electron chi connectivity index (χ3n) is 2.13. The molecule has 0 fully saturated rings. The van der Waals surface area contributed by atoms with Crippen LogP contribution in [0.3, 0.4) is 0 Å². The van der Waals surface area contributed by atoms with Crippen LogP contribution in [0.5, 0.6) is 0 Å². The average molecular weight is 201 g/mol. The molecule has 0 spiro atoms. The lowest BCUT2D eigenvalue weighted by molar-refractivity contribution is 0.471. The maximum atomic E-state index is 8.53. The van der Waals surface area contributed by atoms with Gasteiger partial charge in [-0.2, -0.15) is 0 Å². The lowest BCUT2D eigenvalue weighted by atomic mass is 10.1. The first kappa shape index (κ1) is 9.52. The summed E-state index contributed by atoms with van der Waals surface area (Å²) in [5, 5.41) is 8.53. The number of hydrogen-bond donors (Lipinski definition) is 1. The van der Waals surface area contributed by atoms with Crippen molar-refractivity contribution in [3.05, 3.63) is 54.8 Å². The molecule has 0 aliphatic carbocycles. The van der Waals surface area contributed by atoms with Gasteiger partial charge in [0.25, 0.3) is 0 Å². The van der Waals surface area contributed by atoms with Crippen LogP contribution in [0.25, 0.3) is 11.3 Å². The standard InChI is InChI=1S/C12H11NO2/c14-7-1-2-10-3-5-11(6-4-10)12-8-13-9-15-12/h1,3-9,14H,2H2/b7-1+. The second kappa shape index (κ2) is 4.46. The molecule has 0 unspecified atom stereocenters. The lowest BCUT2D eigenvalue weighted by Gasteiger charge is -1.98. The van der Waals surface area contributed by atoms with Crippen LogP contribution in [0.4, 0.5) is 0 Å². The molecule has 2 rings (SSSR count). The van der Waals surface area contributed by atoms with Gasteiger partial charge in [-0.15, -0.1) is 0 Å². The molecule has 0 radical (unpaired) electrons. The van der Waals surface area contributed by atoms with Crippen molar-refractivity contribution in [1.29, 1.82) is 0 Å². The van der Waals surface area contributed by atoms with Crippen LogP contribution in [0.1, 0.15) is 5.56 Å². The third-order valence-corrected chi connectivity index (χ3v) is 2.13. The first-order valence-electron chi connectivity index (χ1n) is 4.67. The minimum Gasteiger partial charge on any atom is -0.516 e. The molecule has 0 aliphatic heterocycles. The number of benzene rings is 1. The predicted octanol–water partition coefficient (Wildman–Crippen LogP) is 2.96. The van der Waals surface area contributed by atoms with E-state index in [4.69, 9.17) is 9.52 Å². The Morgan fingerprint density at radius 2 is 2.07 bits per heavy atom. The fourth-order valence-electron chi connectivity index (χ4n) is 1.35. The summed E-state index contributed by atoms with van der Waals surface area (Å²) in [5.74, 6) is 0.763. The summed E-state index contributed by atoms with van der Waals surface area (Å²) >= 11 is 0. The number of rotatable bonds is 3. The molecule has 76 valence electrons. The van der Waals surface area contributed by atoms with Crippen molar-refractivity contribution in [3.8, 4) is 11.3 Å². The van der Waals surface area contributed by atoms with Crippen LogP contribution in [0, 0.1) is 0 Å². The Labute approximate surface area is 87.7 Å². The molecule has 1 heterocycles. The molecule has 0 aliphatic rings. The monoisotopic (exact) mass is 201 g/mol. The molecule has 3 heteroatoms. The lowest BCUT2D eigenvalue weighted by Crippen LogP contribution is -1.81. The largest absolute Gasteiger partial charge is 0.516 e. The van der Waals surface area contributed by atoms with E-state index in [-0.39, 0.29) is 0 Å². The van der Waals surface area contributed by atoms with Gasteiger partial charge in [-0.3, -0.25) is 0 Å². The van der Waals surface area contributed by atoms with E-state index in [1.54, 1.807) is 12.3 Å². The highest BCUT2D eigenvalue weighted by Crippen LogP contribution is 2.18. The third kappa shape index (κ3) is 2.26. The second-order valence-corrected chi connectivity index (χ2v) is 3.15. The van der Waals surface area contributed by atoms with Crippen molar-refractivity contribution in [1.82, 2.24) is 4.98 Å². The Morgan fingerprint density at radius 1 is 1.27 bits per heavy atom. The molecule has 2 aromatic rings. The highest BCUT2D eigenvalue weighted by atomic mass is 16.3. The summed E-state index contributed by atoms with van der Waals surface area (Å²) in [7, 11) is 0. The Kier molecular flexibility index (Phi) is 2.83. The van der Waals surface area contributed by atoms with Gasteiger partial charge >= 0.3 is 0 Å². The van der Waals surface area contributed by atoms with Crippen LogP contribution in [-0.2, 0) is 6.42 Å². The van der Waals surface area contributed by atoms with Gasteiger partial charge in [0.2, 0.25) is 0 Å². The zero-order valence-corrected chi connectivity index (χ0v) is 8.13. The molecule has 0 saturated carbocycles. The van der Waals surface area contributed by atoms with Crippen molar-refractivity contribution in [3.63, 3.8) is 0 Å². The number of nitrogens with zero attached hydrogens (tertiary/aromatic N) is 1. The Morgan fingerprint density at radius 3 is 2.67 bits per heavy atom. The highest BCUT2D eigenvalue weighted by Gasteiger charge is 2.00. The number of aliphatic hydroxyl groups excluding tert-OH is 1. The van der Waals surface area contributed by atoms with Gasteiger partial charge in [0.1, 0.15) is 0 Å². The molecule has 1 aromatic heterocycles. The van der Waals surface area contributed by atoms with Crippen LogP contribution in [0.15, 0.2) is 53.6 Å². The topological polar surface area (TPSA) is 46.3 Å². The van der Waals surface area contributed by atoms with Gasteiger partial charge in [-0.25, -0.2) is 4.98 Å². The van der Waals surface area contributed by atoms with Gasteiger partial charge in [0.15, 0.2) is 12.2 Å². The maximum Gasteiger partial charge on any atom is 0.181 e. The van der Waals surface area contributed by atoms with E-state index in [0.29, 0.717) is 0 Å². The van der Waals surface area contributed by atoms with Crippen LogP contribution in [-0.4, -0.2) is 10.1 Å². The van der Waals surface area contributed by atoms with Gasteiger partial charge < -0.3 is 9.52 Å². The van der Waals surface area contributed by atoms with Gasteiger partial charge in [-0.05, 0) is 18.1 Å². The predicted molar refractivity (Wildman–Crippen MR) is 57.4 cm³/mol. The van der Waals surface area contributed by atoms with Crippen LogP contribution >= 0.6 is 0 Å². The van der Waals surface area contributed by atoms with Crippen molar-refractivity contribution in [2.75, 3.05) is 0 Å². The van der Waals surface area contributed by atoms with Crippen molar-refractivity contribution in [2.45, 2.75) is 6.42 Å². The van der Waals surface area contributed by atoms with E-state index in [1.807, 2.05) is 24.3 Å². The Hall–Kier alpha value is -2.03. The second-order valence-electron chi connectivity index (χ2n) is 3.15. The molecule has 0 saturated heterocycles. The van der Waals surface area contributed by atoms with E-state index in [2.05, 4.69) is 4.98 Å². The molecule has 3 nitrogen and oxygen atoms in total. The molecular formula is C12H11NO2. The zero-order chi connectivity index (χ0) is 10.5. The zero-order valence-electron chi connectivity index (χ0n) is 8.13. The van der Waals surface area contributed by atoms with Gasteiger partial charge in [0.05, 0.1) is 12.5 Å². The summed E-state index contributed by atoms with van der Waals surface area (Å²) in [5.41, 5.74) is 2.15. The molecule has 1 N–H and O–H groups in total. The summed E-state index contributed by atoms with van der Waals surface area (Å²) in [4.78, 5) is 3.86. The number of allylic oxidation sites excluding steroid dienone is 1. The van der Waals surface area contributed by atoms with Crippen molar-refractivity contribution >= 4 is 0 Å². The molecule has 0 bridgehead atoms. The molecule has 0 amide bonds. The van der Waals surface area contributed by atoms with E-state index in [1.165, 1.54) is 6.39 Å². The van der Waals surface area contributed by atoms with Gasteiger partial charge in [0, 0.05) is 5.56 Å². The van der Waals surface area contributed by atoms with Crippen LogP contribution < -0.4 is 0 Å². The molecular weight excluding hydrogens is 190 g/mol. The van der Waals surface area contributed by atoms with E-state index < -0.39 is 0 Å². The minimum absolute atomic E-state index is 0.729. The van der Waals surface area contributed by atoms with E-state index in [9.17, 15) is 0 Å². The normalized spacial score (nSPS) is 10.9. The van der Waals surface area contributed by atoms with E-state index in [0.717, 1.165) is 29.6 Å². The maximum absolute atomic E-state index is 8.53. The SMILES string of the molecule is O/C=C/Cc1ccc(-c2cnco2)cc1. The van der Waals surface area contributed by atoms with Crippen molar-refractivity contribution in [2.24, 2.45) is 0 Å². The summed E-state index contributed by atoms with van der Waals surface area (Å²) in [6.07, 6.45) is 6.58.